The van der Waals surface area contributed by atoms with Crippen LogP contribution in [-0.2, 0) is 10.2 Å². The van der Waals surface area contributed by atoms with Gasteiger partial charge in [0.2, 0.25) is 0 Å². The summed E-state index contributed by atoms with van der Waals surface area (Å²) in [5, 5.41) is 18.5. The van der Waals surface area contributed by atoms with Gasteiger partial charge in [0.15, 0.2) is 0 Å². The molecule has 0 aromatic heterocycles. The van der Waals surface area contributed by atoms with E-state index in [-0.39, 0.29) is 18.6 Å². The molecule has 0 amide bonds. The fraction of sp³-hybridized carbons (Fsp3) is 0.364. The Morgan fingerprint density at radius 3 is 2.94 bits per heavy atom. The Morgan fingerprint density at radius 1 is 1.56 bits per heavy atom. The Labute approximate surface area is 91.3 Å². The summed E-state index contributed by atoms with van der Waals surface area (Å²) >= 11 is 0. The van der Waals surface area contributed by atoms with Crippen LogP contribution in [0.25, 0.3) is 0 Å². The number of hydrogen-bond acceptors (Lipinski definition) is 3. The van der Waals surface area contributed by atoms with E-state index in [1.807, 2.05) is 0 Å². The first-order valence-corrected chi connectivity index (χ1v) is 4.87. The predicted octanol–water partition coefficient (Wildman–Crippen LogP) is 0.923. The number of carboxylic acid groups (broad SMARTS) is 1. The van der Waals surface area contributed by atoms with E-state index in [0.717, 1.165) is 6.07 Å². The summed E-state index contributed by atoms with van der Waals surface area (Å²) in [4.78, 5) is 11.2. The molecule has 1 atom stereocenters. The Kier molecular flexibility index (Phi) is 2.55. The van der Waals surface area contributed by atoms with Crippen LogP contribution in [0.1, 0.15) is 12.0 Å². The van der Waals surface area contributed by atoms with Gasteiger partial charge in [-0.2, -0.15) is 0 Å². The number of ether oxygens (including phenoxy) is 1. The second-order valence-electron chi connectivity index (χ2n) is 3.78. The molecule has 16 heavy (non-hydrogen) atoms. The van der Waals surface area contributed by atoms with Crippen LogP contribution in [0.3, 0.4) is 0 Å². The molecular formula is C11H11FO4. The Hall–Kier alpha value is -1.62. The number of benzene rings is 1. The minimum absolute atomic E-state index is 0.134. The predicted molar refractivity (Wildman–Crippen MR) is 52.9 cm³/mol. The van der Waals surface area contributed by atoms with Gasteiger partial charge in [-0.15, -0.1) is 0 Å². The highest BCUT2D eigenvalue weighted by Crippen LogP contribution is 2.39. The van der Waals surface area contributed by atoms with E-state index in [2.05, 4.69) is 0 Å². The van der Waals surface area contributed by atoms with Crippen molar-refractivity contribution in [1.29, 1.82) is 0 Å². The zero-order valence-electron chi connectivity index (χ0n) is 8.44. The number of aliphatic hydroxyl groups is 1. The smallest absolute Gasteiger partial charge is 0.316 e. The highest BCUT2D eigenvalue weighted by atomic mass is 19.1. The third-order valence-corrected chi connectivity index (χ3v) is 2.92. The first kappa shape index (κ1) is 10.9. The van der Waals surface area contributed by atoms with Crippen molar-refractivity contribution in [3.8, 4) is 5.75 Å². The molecule has 1 aromatic rings. The van der Waals surface area contributed by atoms with Crippen LogP contribution in [0.4, 0.5) is 4.39 Å². The van der Waals surface area contributed by atoms with E-state index in [1.165, 1.54) is 12.1 Å². The van der Waals surface area contributed by atoms with Gasteiger partial charge in [-0.05, 0) is 18.2 Å². The molecule has 4 nitrogen and oxygen atoms in total. The largest absolute Gasteiger partial charge is 0.493 e. The summed E-state index contributed by atoms with van der Waals surface area (Å²) in [6.07, 6.45) is 0.134. The lowest BCUT2D eigenvalue weighted by atomic mass is 9.76. The van der Waals surface area contributed by atoms with Gasteiger partial charge < -0.3 is 14.9 Å². The Bertz CT molecular complexity index is 432. The summed E-state index contributed by atoms with van der Waals surface area (Å²) in [7, 11) is 0. The van der Waals surface area contributed by atoms with Gasteiger partial charge in [0.1, 0.15) is 17.0 Å². The molecule has 2 N–H and O–H groups in total. The Morgan fingerprint density at radius 2 is 2.31 bits per heavy atom. The molecule has 0 saturated heterocycles. The molecule has 0 radical (unpaired) electrons. The monoisotopic (exact) mass is 226 g/mol. The van der Waals surface area contributed by atoms with E-state index >= 15 is 0 Å². The second kappa shape index (κ2) is 3.75. The number of aliphatic hydroxyl groups excluding tert-OH is 1. The SMILES string of the molecule is O=C(O)C1(CO)CCOc2ccc(F)cc21. The standard InChI is InChI=1S/C11H11FO4/c12-7-1-2-9-8(5-7)11(6-13,10(14)15)3-4-16-9/h1-2,5,13H,3-4,6H2,(H,14,15). The van der Waals surface area contributed by atoms with Gasteiger partial charge in [0, 0.05) is 12.0 Å². The van der Waals surface area contributed by atoms with Crippen molar-refractivity contribution in [2.75, 3.05) is 13.2 Å². The molecule has 1 aromatic carbocycles. The van der Waals surface area contributed by atoms with Crippen LogP contribution >= 0.6 is 0 Å². The highest BCUT2D eigenvalue weighted by Gasteiger charge is 2.44. The summed E-state index contributed by atoms with van der Waals surface area (Å²) in [5.41, 5.74) is -1.25. The number of carboxylic acids is 1. The van der Waals surface area contributed by atoms with Crippen molar-refractivity contribution in [3.63, 3.8) is 0 Å². The Balaban J connectivity index is 2.61. The molecular weight excluding hydrogens is 215 g/mol. The number of carbonyl (C=O) groups is 1. The van der Waals surface area contributed by atoms with Crippen molar-refractivity contribution in [1.82, 2.24) is 0 Å². The van der Waals surface area contributed by atoms with Crippen molar-refractivity contribution in [3.05, 3.63) is 29.6 Å². The van der Waals surface area contributed by atoms with E-state index in [1.54, 1.807) is 0 Å². The minimum Gasteiger partial charge on any atom is -0.493 e. The second-order valence-corrected chi connectivity index (χ2v) is 3.78. The third-order valence-electron chi connectivity index (χ3n) is 2.92. The molecule has 1 aliphatic heterocycles. The highest BCUT2D eigenvalue weighted by molar-refractivity contribution is 5.83. The summed E-state index contributed by atoms with van der Waals surface area (Å²) in [5.74, 6) is -1.38. The van der Waals surface area contributed by atoms with Gasteiger partial charge in [-0.1, -0.05) is 0 Å². The molecule has 86 valence electrons. The number of aliphatic carboxylic acids is 1. The molecule has 0 fully saturated rings. The van der Waals surface area contributed by atoms with Crippen LogP contribution in [0, 0.1) is 5.82 Å². The molecule has 5 heteroatoms. The molecule has 0 saturated carbocycles. The summed E-state index contributed by atoms with van der Waals surface area (Å²) in [6, 6.07) is 3.70. The maximum absolute atomic E-state index is 13.1. The van der Waals surface area contributed by atoms with Crippen LogP contribution in [0.2, 0.25) is 0 Å². The van der Waals surface area contributed by atoms with E-state index in [4.69, 9.17) is 4.74 Å². The van der Waals surface area contributed by atoms with Gasteiger partial charge in [0.05, 0.1) is 13.2 Å². The van der Waals surface area contributed by atoms with Crippen molar-refractivity contribution in [2.24, 2.45) is 0 Å². The number of halogens is 1. The lowest BCUT2D eigenvalue weighted by Crippen LogP contribution is -2.43. The first-order chi connectivity index (χ1) is 7.60. The fourth-order valence-corrected chi connectivity index (χ4v) is 1.93. The third kappa shape index (κ3) is 1.44. The van der Waals surface area contributed by atoms with Crippen molar-refractivity contribution < 1.29 is 24.1 Å². The molecule has 2 rings (SSSR count). The summed E-state index contributed by atoms with van der Waals surface area (Å²) < 4.78 is 18.4. The topological polar surface area (TPSA) is 66.8 Å². The number of fused-ring (bicyclic) bond motifs is 1. The van der Waals surface area contributed by atoms with E-state index < -0.39 is 23.8 Å². The fourth-order valence-electron chi connectivity index (χ4n) is 1.93. The van der Waals surface area contributed by atoms with Gasteiger partial charge in [-0.3, -0.25) is 4.79 Å². The van der Waals surface area contributed by atoms with E-state index in [9.17, 15) is 19.4 Å². The van der Waals surface area contributed by atoms with Crippen molar-refractivity contribution >= 4 is 5.97 Å². The number of rotatable bonds is 2. The first-order valence-electron chi connectivity index (χ1n) is 4.87. The number of hydrogen-bond donors (Lipinski definition) is 2. The van der Waals surface area contributed by atoms with Gasteiger partial charge >= 0.3 is 5.97 Å². The van der Waals surface area contributed by atoms with E-state index in [0.29, 0.717) is 5.75 Å². The lowest BCUT2D eigenvalue weighted by molar-refractivity contribution is -0.147. The zero-order valence-corrected chi connectivity index (χ0v) is 8.44. The lowest BCUT2D eigenvalue weighted by Gasteiger charge is -2.33. The zero-order chi connectivity index (χ0) is 11.8. The molecule has 1 aliphatic rings. The quantitative estimate of drug-likeness (QED) is 0.787. The molecule has 1 unspecified atom stereocenters. The van der Waals surface area contributed by atoms with Crippen molar-refractivity contribution in [2.45, 2.75) is 11.8 Å². The minimum atomic E-state index is -1.45. The average Bonchev–Trinajstić information content (AvgIpc) is 2.27. The maximum Gasteiger partial charge on any atom is 0.316 e. The van der Waals surface area contributed by atoms with Crippen LogP contribution in [0.5, 0.6) is 5.75 Å². The van der Waals surface area contributed by atoms with Gasteiger partial charge in [0.25, 0.3) is 0 Å². The van der Waals surface area contributed by atoms with Crippen LogP contribution in [-0.4, -0.2) is 29.4 Å². The normalized spacial score (nSPS) is 23.4. The average molecular weight is 226 g/mol. The molecule has 1 heterocycles. The summed E-state index contributed by atoms with van der Waals surface area (Å²) in [6.45, 7) is -0.367. The molecule has 0 spiro atoms. The van der Waals surface area contributed by atoms with Crippen LogP contribution < -0.4 is 4.74 Å². The van der Waals surface area contributed by atoms with Gasteiger partial charge in [-0.25, -0.2) is 4.39 Å². The molecule has 0 aliphatic carbocycles. The van der Waals surface area contributed by atoms with Crippen LogP contribution in [0.15, 0.2) is 18.2 Å². The maximum atomic E-state index is 13.1. The molecule has 0 bridgehead atoms.